The van der Waals surface area contributed by atoms with Gasteiger partial charge in [-0.05, 0) is 25.5 Å². The second-order valence-corrected chi connectivity index (χ2v) is 5.09. The van der Waals surface area contributed by atoms with Crippen LogP contribution in [0.1, 0.15) is 37.0 Å². The summed E-state index contributed by atoms with van der Waals surface area (Å²) < 4.78 is 33.7. The highest BCUT2D eigenvalue weighted by atomic mass is 19.1. The number of ketones is 1. The van der Waals surface area contributed by atoms with E-state index in [-0.39, 0.29) is 30.1 Å². The number of benzene rings is 1. The minimum atomic E-state index is -0.972. The van der Waals surface area contributed by atoms with Gasteiger partial charge in [-0.15, -0.1) is 0 Å². The van der Waals surface area contributed by atoms with Crippen LogP contribution in [0.15, 0.2) is 23.0 Å². The average Bonchev–Trinajstić information content (AvgIpc) is 2.80. The quantitative estimate of drug-likeness (QED) is 0.837. The van der Waals surface area contributed by atoms with Crippen LogP contribution in [0.3, 0.4) is 0 Å². The van der Waals surface area contributed by atoms with Gasteiger partial charge in [0, 0.05) is 13.0 Å². The van der Waals surface area contributed by atoms with Gasteiger partial charge in [0.25, 0.3) is 0 Å². The number of Topliss-reactive ketones (excluding diaryl/α,β-unsaturated/α-hetero) is 1. The molecule has 25 heavy (non-hydrogen) atoms. The van der Waals surface area contributed by atoms with Gasteiger partial charge >= 0.3 is 11.8 Å². The zero-order valence-electron chi connectivity index (χ0n) is 13.9. The van der Waals surface area contributed by atoms with Gasteiger partial charge in [0.2, 0.25) is 0 Å². The summed E-state index contributed by atoms with van der Waals surface area (Å²) in [6.45, 7) is 4.51. The largest absolute Gasteiger partial charge is 0.449 e. The Labute approximate surface area is 141 Å². The Morgan fingerprint density at radius 1 is 1.24 bits per heavy atom. The van der Waals surface area contributed by atoms with E-state index in [1.165, 1.54) is 6.92 Å². The lowest BCUT2D eigenvalue weighted by molar-refractivity contribution is 0.100. The van der Waals surface area contributed by atoms with Gasteiger partial charge < -0.3 is 4.74 Å². The summed E-state index contributed by atoms with van der Waals surface area (Å²) in [7, 11) is 0. The number of carbonyl (C=O) groups is 2. The van der Waals surface area contributed by atoms with E-state index in [4.69, 9.17) is 4.74 Å². The fraction of sp³-hybridized carbons (Fsp3) is 0.312. The van der Waals surface area contributed by atoms with Crippen molar-refractivity contribution in [3.05, 3.63) is 51.7 Å². The van der Waals surface area contributed by atoms with E-state index in [9.17, 15) is 23.2 Å². The van der Waals surface area contributed by atoms with Crippen molar-refractivity contribution in [2.45, 2.75) is 27.2 Å². The molecule has 1 amide bonds. The van der Waals surface area contributed by atoms with Gasteiger partial charge in [-0.2, -0.15) is 4.68 Å². The number of imidazole rings is 1. The van der Waals surface area contributed by atoms with Gasteiger partial charge in [0.1, 0.15) is 17.3 Å². The number of amides is 1. The van der Waals surface area contributed by atoms with Crippen LogP contribution < -0.4 is 11.1 Å². The van der Waals surface area contributed by atoms with Crippen LogP contribution in [-0.2, 0) is 11.2 Å². The number of hydrogen-bond donors (Lipinski definition) is 1. The molecule has 0 saturated heterocycles. The number of rotatable bonds is 5. The van der Waals surface area contributed by atoms with Crippen LogP contribution in [-0.4, -0.2) is 27.7 Å². The number of halogens is 2. The van der Waals surface area contributed by atoms with Crippen molar-refractivity contribution in [2.24, 2.45) is 0 Å². The summed E-state index contributed by atoms with van der Waals surface area (Å²) >= 11 is 0. The van der Waals surface area contributed by atoms with Crippen molar-refractivity contribution in [2.75, 3.05) is 12.0 Å². The predicted molar refractivity (Wildman–Crippen MR) is 85.7 cm³/mol. The topological polar surface area (TPSA) is 82.3 Å². The summed E-state index contributed by atoms with van der Waals surface area (Å²) in [5.41, 5.74) is 1.13. The number of nitrogens with one attached hydrogen (secondary N) is 1. The molecular formula is C16H17F2N3O4. The maximum Gasteiger partial charge on any atom is 0.426 e. The fourth-order valence-corrected chi connectivity index (χ4v) is 2.50. The van der Waals surface area contributed by atoms with E-state index in [1.54, 1.807) is 13.8 Å². The standard InChI is InChI=1S/C16H17F2N3O4/c1-4-12-14(9(3)22)21(19-15(23)25-5-2)16(24)20(12)13-7-6-10(17)8-11(13)18/h6-8H,4-5H2,1-3H3,(H,19,23). The Morgan fingerprint density at radius 3 is 2.44 bits per heavy atom. The van der Waals surface area contributed by atoms with Crippen LogP contribution >= 0.6 is 0 Å². The SMILES string of the molecule is CCOC(=O)Nn1c(C(C)=O)c(CC)n(-c2ccc(F)cc2F)c1=O. The highest BCUT2D eigenvalue weighted by Crippen LogP contribution is 2.19. The first kappa shape index (κ1) is 18.4. The summed E-state index contributed by atoms with van der Waals surface area (Å²) in [6.07, 6.45) is -0.746. The summed E-state index contributed by atoms with van der Waals surface area (Å²) in [4.78, 5) is 36.4. The van der Waals surface area contributed by atoms with Gasteiger partial charge in [-0.3, -0.25) is 9.36 Å². The van der Waals surface area contributed by atoms with Crippen LogP contribution in [0, 0.1) is 11.6 Å². The van der Waals surface area contributed by atoms with E-state index in [2.05, 4.69) is 5.43 Å². The molecule has 0 spiro atoms. The van der Waals surface area contributed by atoms with E-state index < -0.39 is 29.2 Å². The Balaban J connectivity index is 2.74. The second kappa shape index (κ2) is 7.29. The molecule has 1 N–H and O–H groups in total. The Morgan fingerprint density at radius 2 is 1.92 bits per heavy atom. The number of carbonyl (C=O) groups excluding carboxylic acids is 2. The molecule has 1 aromatic carbocycles. The Hall–Kier alpha value is -2.97. The highest BCUT2D eigenvalue weighted by Gasteiger charge is 2.25. The number of aromatic nitrogens is 2. The van der Waals surface area contributed by atoms with Crippen molar-refractivity contribution in [1.82, 2.24) is 9.24 Å². The summed E-state index contributed by atoms with van der Waals surface area (Å²) in [6, 6.07) is 2.71. The predicted octanol–water partition coefficient (Wildman–Crippen LogP) is 2.38. The molecule has 0 atom stereocenters. The van der Waals surface area contributed by atoms with Crippen LogP contribution in [0.4, 0.5) is 13.6 Å². The molecule has 7 nitrogen and oxygen atoms in total. The minimum Gasteiger partial charge on any atom is -0.449 e. The maximum atomic E-state index is 14.2. The number of ether oxygens (including phenoxy) is 1. The normalized spacial score (nSPS) is 10.6. The molecule has 2 aromatic rings. The first-order valence-corrected chi connectivity index (χ1v) is 7.58. The van der Waals surface area contributed by atoms with Gasteiger partial charge in [-0.1, -0.05) is 6.92 Å². The number of hydrogen-bond acceptors (Lipinski definition) is 4. The van der Waals surface area contributed by atoms with Crippen molar-refractivity contribution >= 4 is 11.9 Å². The molecular weight excluding hydrogens is 336 g/mol. The Kier molecular flexibility index (Phi) is 5.35. The summed E-state index contributed by atoms with van der Waals surface area (Å²) in [5, 5.41) is 0. The lowest BCUT2D eigenvalue weighted by Crippen LogP contribution is -2.36. The van der Waals surface area contributed by atoms with Crippen molar-refractivity contribution in [3.63, 3.8) is 0 Å². The molecule has 0 saturated carbocycles. The van der Waals surface area contributed by atoms with Crippen LogP contribution in [0.5, 0.6) is 0 Å². The second-order valence-electron chi connectivity index (χ2n) is 5.09. The monoisotopic (exact) mass is 353 g/mol. The molecule has 0 fully saturated rings. The molecule has 0 bridgehead atoms. The zero-order chi connectivity index (χ0) is 18.7. The lowest BCUT2D eigenvalue weighted by atomic mass is 10.2. The maximum absolute atomic E-state index is 14.2. The zero-order valence-corrected chi connectivity index (χ0v) is 13.9. The summed E-state index contributed by atoms with van der Waals surface area (Å²) in [5.74, 6) is -2.28. The fourth-order valence-electron chi connectivity index (χ4n) is 2.50. The molecule has 0 aliphatic carbocycles. The third-order valence-electron chi connectivity index (χ3n) is 3.45. The smallest absolute Gasteiger partial charge is 0.426 e. The van der Waals surface area contributed by atoms with Crippen molar-refractivity contribution in [3.8, 4) is 5.69 Å². The highest BCUT2D eigenvalue weighted by molar-refractivity contribution is 5.94. The number of nitrogens with zero attached hydrogens (tertiary/aromatic N) is 2. The van der Waals surface area contributed by atoms with Gasteiger partial charge in [0.05, 0.1) is 18.0 Å². The molecule has 1 aromatic heterocycles. The van der Waals surface area contributed by atoms with Crippen molar-refractivity contribution < 1.29 is 23.1 Å². The first-order valence-electron chi connectivity index (χ1n) is 7.58. The molecule has 134 valence electrons. The van der Waals surface area contributed by atoms with Gasteiger partial charge in [0.15, 0.2) is 5.78 Å². The van der Waals surface area contributed by atoms with Crippen LogP contribution in [0.25, 0.3) is 5.69 Å². The third-order valence-corrected chi connectivity index (χ3v) is 3.45. The first-order chi connectivity index (χ1) is 11.8. The molecule has 0 radical (unpaired) electrons. The molecule has 1 heterocycles. The molecule has 0 aliphatic heterocycles. The molecule has 2 rings (SSSR count). The average molecular weight is 353 g/mol. The van der Waals surface area contributed by atoms with E-state index in [1.807, 2.05) is 0 Å². The van der Waals surface area contributed by atoms with Crippen LogP contribution in [0.2, 0.25) is 0 Å². The third kappa shape index (κ3) is 3.44. The van der Waals surface area contributed by atoms with E-state index in [0.29, 0.717) is 10.7 Å². The van der Waals surface area contributed by atoms with E-state index in [0.717, 1.165) is 16.7 Å². The van der Waals surface area contributed by atoms with E-state index >= 15 is 0 Å². The van der Waals surface area contributed by atoms with Gasteiger partial charge in [-0.25, -0.2) is 23.8 Å². The Bertz CT molecular complexity index is 886. The lowest BCUT2D eigenvalue weighted by Gasteiger charge is -2.08. The van der Waals surface area contributed by atoms with Crippen molar-refractivity contribution in [1.29, 1.82) is 0 Å². The molecule has 9 heteroatoms. The minimum absolute atomic E-state index is 0.0594. The molecule has 0 aliphatic rings. The molecule has 0 unspecified atom stereocenters.